The van der Waals surface area contributed by atoms with Crippen molar-refractivity contribution in [1.82, 2.24) is 10.3 Å². The predicted octanol–water partition coefficient (Wildman–Crippen LogP) is 5.44. The fraction of sp³-hybridized carbons (Fsp3) is 0.120. The van der Waals surface area contributed by atoms with Gasteiger partial charge in [0.15, 0.2) is 11.5 Å². The third kappa shape index (κ3) is 4.15. The lowest BCUT2D eigenvalue weighted by Gasteiger charge is -2.07. The highest BCUT2D eigenvalue weighted by Crippen LogP contribution is 2.37. The van der Waals surface area contributed by atoms with Crippen LogP contribution in [0.2, 0.25) is 0 Å². The van der Waals surface area contributed by atoms with Crippen molar-refractivity contribution in [2.75, 3.05) is 6.79 Å². The van der Waals surface area contributed by atoms with E-state index >= 15 is 0 Å². The van der Waals surface area contributed by atoms with Crippen molar-refractivity contribution in [2.45, 2.75) is 13.5 Å². The summed E-state index contributed by atoms with van der Waals surface area (Å²) in [5, 5.41) is 5.97. The minimum atomic E-state index is -0.0685. The van der Waals surface area contributed by atoms with Crippen LogP contribution in [0.1, 0.15) is 21.5 Å². The fourth-order valence-corrected chi connectivity index (χ4v) is 4.27. The van der Waals surface area contributed by atoms with Gasteiger partial charge >= 0.3 is 0 Å². The normalized spacial score (nSPS) is 12.0. The summed E-state index contributed by atoms with van der Waals surface area (Å²) in [5.74, 6) is 1.45. The molecule has 1 aromatic heterocycles. The van der Waals surface area contributed by atoms with Crippen molar-refractivity contribution in [2.24, 2.45) is 0 Å². The Morgan fingerprint density at radius 2 is 1.81 bits per heavy atom. The summed E-state index contributed by atoms with van der Waals surface area (Å²) in [6.07, 6.45) is 0. The highest BCUT2D eigenvalue weighted by molar-refractivity contribution is 7.13. The zero-order chi connectivity index (χ0) is 21.2. The molecule has 1 aliphatic heterocycles. The number of ether oxygens (including phenoxy) is 2. The first-order valence-corrected chi connectivity index (χ1v) is 10.8. The molecule has 31 heavy (non-hydrogen) atoms. The smallest absolute Gasteiger partial charge is 0.251 e. The standard InChI is InChI=1S/C25H20N2O3S/c1-16-3-2-4-20(11-16)24(28)26-13-17-5-7-18(8-6-17)25-27-21(14-31-25)19-9-10-22-23(12-19)30-15-29-22/h2-12,14H,13,15H2,1H3,(H,26,28). The van der Waals surface area contributed by atoms with E-state index in [9.17, 15) is 4.79 Å². The predicted molar refractivity (Wildman–Crippen MR) is 121 cm³/mol. The zero-order valence-electron chi connectivity index (χ0n) is 16.9. The summed E-state index contributed by atoms with van der Waals surface area (Å²) in [5.41, 5.74) is 5.74. The largest absolute Gasteiger partial charge is 0.454 e. The molecule has 1 N–H and O–H groups in total. The van der Waals surface area contributed by atoms with Crippen LogP contribution in [0.3, 0.4) is 0 Å². The van der Waals surface area contributed by atoms with E-state index in [0.717, 1.165) is 44.5 Å². The first-order chi connectivity index (χ1) is 15.2. The second-order valence-electron chi connectivity index (χ2n) is 7.36. The van der Waals surface area contributed by atoms with Crippen molar-refractivity contribution < 1.29 is 14.3 Å². The molecule has 0 saturated heterocycles. The van der Waals surface area contributed by atoms with Crippen molar-refractivity contribution in [3.63, 3.8) is 0 Å². The van der Waals surface area contributed by atoms with Crippen LogP contribution in [0.5, 0.6) is 11.5 Å². The maximum atomic E-state index is 12.3. The van der Waals surface area contributed by atoms with Gasteiger partial charge in [-0.1, -0.05) is 42.0 Å². The Hall–Kier alpha value is -3.64. The number of thiazole rings is 1. The number of aromatic nitrogens is 1. The number of nitrogens with one attached hydrogen (secondary N) is 1. The molecule has 0 fully saturated rings. The third-order valence-corrected chi connectivity index (χ3v) is 6.00. The first kappa shape index (κ1) is 19.3. The second kappa shape index (κ2) is 8.24. The molecule has 0 spiro atoms. The quantitative estimate of drug-likeness (QED) is 0.460. The van der Waals surface area contributed by atoms with E-state index in [2.05, 4.69) is 5.32 Å². The van der Waals surface area contributed by atoms with Gasteiger partial charge in [-0.2, -0.15) is 0 Å². The van der Waals surface area contributed by atoms with Gasteiger partial charge in [0, 0.05) is 28.6 Å². The number of nitrogens with zero attached hydrogens (tertiary/aromatic N) is 1. The molecule has 0 aliphatic carbocycles. The third-order valence-electron chi connectivity index (χ3n) is 5.11. The second-order valence-corrected chi connectivity index (χ2v) is 8.21. The summed E-state index contributed by atoms with van der Waals surface area (Å²) in [7, 11) is 0. The molecule has 5 rings (SSSR count). The average Bonchev–Trinajstić information content (AvgIpc) is 3.47. The number of rotatable bonds is 5. The van der Waals surface area contributed by atoms with Crippen molar-refractivity contribution in [3.8, 4) is 33.3 Å². The number of hydrogen-bond donors (Lipinski definition) is 1. The van der Waals surface area contributed by atoms with E-state index in [4.69, 9.17) is 14.5 Å². The summed E-state index contributed by atoms with van der Waals surface area (Å²) in [4.78, 5) is 17.1. The van der Waals surface area contributed by atoms with Crippen LogP contribution >= 0.6 is 11.3 Å². The number of amides is 1. The number of benzene rings is 3. The molecule has 5 nitrogen and oxygen atoms in total. The summed E-state index contributed by atoms with van der Waals surface area (Å²) in [6.45, 7) is 2.72. The maximum Gasteiger partial charge on any atom is 0.251 e. The lowest BCUT2D eigenvalue weighted by molar-refractivity contribution is 0.0951. The van der Waals surface area contributed by atoms with Crippen LogP contribution in [-0.4, -0.2) is 17.7 Å². The van der Waals surface area contributed by atoms with Crippen LogP contribution in [-0.2, 0) is 6.54 Å². The Balaban J connectivity index is 1.26. The molecular formula is C25H20N2O3S. The number of hydrogen-bond acceptors (Lipinski definition) is 5. The molecule has 3 aromatic carbocycles. The molecule has 2 heterocycles. The SMILES string of the molecule is Cc1cccc(C(=O)NCc2ccc(-c3nc(-c4ccc5c(c4)OCO5)cs3)cc2)c1. The molecule has 154 valence electrons. The van der Waals surface area contributed by atoms with Crippen LogP contribution < -0.4 is 14.8 Å². The molecule has 1 amide bonds. The Bertz CT molecular complexity index is 1250. The lowest BCUT2D eigenvalue weighted by Crippen LogP contribution is -2.22. The molecule has 6 heteroatoms. The van der Waals surface area contributed by atoms with Crippen LogP contribution in [0, 0.1) is 6.92 Å². The Labute approximate surface area is 184 Å². The maximum absolute atomic E-state index is 12.3. The average molecular weight is 429 g/mol. The van der Waals surface area contributed by atoms with Crippen LogP contribution in [0.4, 0.5) is 0 Å². The lowest BCUT2D eigenvalue weighted by atomic mass is 10.1. The monoisotopic (exact) mass is 428 g/mol. The number of carbonyl (C=O) groups excluding carboxylic acids is 1. The van der Waals surface area contributed by atoms with Gasteiger partial charge in [-0.3, -0.25) is 4.79 Å². The fourth-order valence-electron chi connectivity index (χ4n) is 3.43. The van der Waals surface area contributed by atoms with E-state index in [1.54, 1.807) is 11.3 Å². The molecule has 0 atom stereocenters. The van der Waals surface area contributed by atoms with Gasteiger partial charge in [-0.05, 0) is 42.8 Å². The van der Waals surface area contributed by atoms with E-state index in [1.807, 2.05) is 79.0 Å². The first-order valence-electron chi connectivity index (χ1n) is 9.95. The highest BCUT2D eigenvalue weighted by Gasteiger charge is 2.15. The highest BCUT2D eigenvalue weighted by atomic mass is 32.1. The minimum Gasteiger partial charge on any atom is -0.454 e. The Morgan fingerprint density at radius 3 is 2.65 bits per heavy atom. The van der Waals surface area contributed by atoms with Crippen LogP contribution in [0.25, 0.3) is 21.8 Å². The molecule has 0 saturated carbocycles. The van der Waals surface area contributed by atoms with Crippen molar-refractivity contribution in [1.29, 1.82) is 0 Å². The van der Waals surface area contributed by atoms with Crippen LogP contribution in [0.15, 0.2) is 72.1 Å². The Morgan fingerprint density at radius 1 is 1.00 bits per heavy atom. The van der Waals surface area contributed by atoms with Crippen molar-refractivity contribution in [3.05, 3.63) is 88.8 Å². The minimum absolute atomic E-state index is 0.0685. The molecule has 1 aliphatic rings. The number of aryl methyl sites for hydroxylation is 1. The van der Waals surface area contributed by atoms with Gasteiger partial charge in [0.2, 0.25) is 6.79 Å². The van der Waals surface area contributed by atoms with Gasteiger partial charge in [0.05, 0.1) is 5.69 Å². The van der Waals surface area contributed by atoms with Gasteiger partial charge in [0.1, 0.15) is 5.01 Å². The Kier molecular flexibility index (Phi) is 5.14. The summed E-state index contributed by atoms with van der Waals surface area (Å²) < 4.78 is 10.8. The van der Waals surface area contributed by atoms with E-state index in [1.165, 1.54) is 0 Å². The molecule has 4 aromatic rings. The summed E-state index contributed by atoms with van der Waals surface area (Å²) >= 11 is 1.60. The summed E-state index contributed by atoms with van der Waals surface area (Å²) in [6, 6.07) is 21.6. The van der Waals surface area contributed by atoms with Gasteiger partial charge in [-0.15, -0.1) is 11.3 Å². The number of carbonyl (C=O) groups is 1. The molecule has 0 bridgehead atoms. The molecule has 0 radical (unpaired) electrons. The van der Waals surface area contributed by atoms with E-state index in [-0.39, 0.29) is 12.7 Å². The number of fused-ring (bicyclic) bond motifs is 1. The van der Waals surface area contributed by atoms with Gasteiger partial charge < -0.3 is 14.8 Å². The topological polar surface area (TPSA) is 60.5 Å². The van der Waals surface area contributed by atoms with Gasteiger partial charge in [-0.25, -0.2) is 4.98 Å². The molecule has 0 unspecified atom stereocenters. The van der Waals surface area contributed by atoms with E-state index < -0.39 is 0 Å². The van der Waals surface area contributed by atoms with E-state index in [0.29, 0.717) is 12.1 Å². The zero-order valence-corrected chi connectivity index (χ0v) is 17.7. The van der Waals surface area contributed by atoms with Crippen molar-refractivity contribution >= 4 is 17.2 Å². The molecular weight excluding hydrogens is 408 g/mol. The van der Waals surface area contributed by atoms with Gasteiger partial charge in [0.25, 0.3) is 5.91 Å².